The first-order valence-electron chi connectivity index (χ1n) is 37.0. The van der Waals surface area contributed by atoms with Crippen molar-refractivity contribution >= 4 is 138 Å². The third-order valence-corrected chi connectivity index (χ3v) is 23.4. The Morgan fingerprint density at radius 3 is 0.811 bits per heavy atom. The van der Waals surface area contributed by atoms with Crippen molar-refractivity contribution in [1.82, 2.24) is 4.57 Å². The fraction of sp³-hybridized carbons (Fsp3) is 0.0588. The summed E-state index contributed by atoms with van der Waals surface area (Å²) in [5.41, 5.74) is 25.4. The van der Waals surface area contributed by atoms with Gasteiger partial charge in [-0.2, -0.15) is 0 Å². The maximum Gasteiger partial charge on any atom is 0.0582 e. The number of hydrogen-bond donors (Lipinski definition) is 0. The summed E-state index contributed by atoms with van der Waals surface area (Å²) in [6, 6.07) is 136. The molecule has 19 aromatic rings. The summed E-state index contributed by atoms with van der Waals surface area (Å²) < 4.78 is 2.71. The molecule has 2 aliphatic heterocycles. The molecule has 2 aliphatic rings. The summed E-state index contributed by atoms with van der Waals surface area (Å²) in [7, 11) is 0. The van der Waals surface area contributed by atoms with Crippen molar-refractivity contribution in [1.29, 1.82) is 0 Å². The first-order chi connectivity index (χ1) is 52.1. The largest absolute Gasteiger partial charge is 0.310 e. The molecule has 0 radical (unpaired) electrons. The Morgan fingerprint density at radius 2 is 0.481 bits per heavy atom. The molecule has 0 fully saturated rings. The van der Waals surface area contributed by atoms with Crippen molar-refractivity contribution in [2.45, 2.75) is 38.5 Å². The van der Waals surface area contributed by atoms with Gasteiger partial charge in [-0.15, -0.1) is 0 Å². The highest BCUT2D eigenvalue weighted by molar-refractivity contribution is 6.19. The minimum Gasteiger partial charge on any atom is -0.310 e. The molecule has 4 nitrogen and oxygen atoms in total. The molecule has 4 heteroatoms. The number of anilines is 9. The molecule has 0 spiro atoms. The van der Waals surface area contributed by atoms with E-state index in [1.807, 2.05) is 0 Å². The van der Waals surface area contributed by atoms with Crippen LogP contribution in [0.25, 0.3) is 126 Å². The van der Waals surface area contributed by atoms with Crippen LogP contribution >= 0.6 is 0 Å². The van der Waals surface area contributed by atoms with Crippen molar-refractivity contribution in [3.05, 3.63) is 386 Å². The number of benzene rings is 18. The topological polar surface area (TPSA) is 14.7 Å². The van der Waals surface area contributed by atoms with Gasteiger partial charge < -0.3 is 19.3 Å². The third kappa shape index (κ3) is 9.40. The van der Waals surface area contributed by atoms with Gasteiger partial charge in [-0.25, -0.2) is 0 Å². The Kier molecular flexibility index (Phi) is 13.7. The van der Waals surface area contributed by atoms with E-state index in [4.69, 9.17) is 0 Å². The summed E-state index contributed by atoms with van der Waals surface area (Å²) in [6.45, 7) is 9.98. The second-order valence-electron chi connectivity index (χ2n) is 30.0. The molecule has 0 unspecified atom stereocenters. The lowest BCUT2D eigenvalue weighted by atomic mass is 9.67. The first kappa shape index (κ1) is 61.4. The minimum atomic E-state index is -0.470. The van der Waals surface area contributed by atoms with E-state index in [1.165, 1.54) is 148 Å². The lowest BCUT2D eigenvalue weighted by molar-refractivity contribution is 0.594. The second kappa shape index (κ2) is 23.6. The van der Waals surface area contributed by atoms with Gasteiger partial charge >= 0.3 is 0 Å². The highest BCUT2D eigenvalue weighted by Crippen LogP contribution is 2.59. The molecule has 106 heavy (non-hydrogen) atoms. The number of fused-ring (bicyclic) bond motifs is 7. The Hall–Kier alpha value is -13.3. The van der Waals surface area contributed by atoms with E-state index in [1.54, 1.807) is 0 Å². The van der Waals surface area contributed by atoms with Crippen LogP contribution in [0.2, 0.25) is 0 Å². The van der Waals surface area contributed by atoms with Crippen LogP contribution in [0, 0.1) is 0 Å². The molecule has 21 rings (SSSR count). The number of aromatic nitrogens is 1. The number of hydrogen-bond acceptors (Lipinski definition) is 3. The van der Waals surface area contributed by atoms with Crippen molar-refractivity contribution < 1.29 is 0 Å². The zero-order chi connectivity index (χ0) is 70.5. The van der Waals surface area contributed by atoms with Gasteiger partial charge in [0, 0.05) is 71.9 Å². The van der Waals surface area contributed by atoms with Crippen molar-refractivity contribution in [2.24, 2.45) is 0 Å². The lowest BCUT2D eigenvalue weighted by Crippen LogP contribution is -2.33. The maximum absolute atomic E-state index is 2.71. The molecule has 0 saturated carbocycles. The summed E-state index contributed by atoms with van der Waals surface area (Å²) in [5.74, 6) is 0. The molecule has 0 atom stereocenters. The smallest absolute Gasteiger partial charge is 0.0582 e. The highest BCUT2D eigenvalue weighted by Gasteiger charge is 2.45. The lowest BCUT2D eigenvalue weighted by Gasteiger charge is -2.43. The Bertz CT molecular complexity index is 6540. The van der Waals surface area contributed by atoms with Gasteiger partial charge in [-0.3, -0.25) is 0 Å². The molecule has 0 amide bonds. The van der Waals surface area contributed by atoms with E-state index >= 15 is 0 Å². The predicted molar refractivity (Wildman–Crippen MR) is 450 cm³/mol. The number of rotatable bonds is 12. The second-order valence-corrected chi connectivity index (χ2v) is 30.0. The van der Waals surface area contributed by atoms with Crippen molar-refractivity contribution in [3.8, 4) is 39.1 Å². The number of nitrogens with zero attached hydrogens (tertiary/aromatic N) is 4. The molecule has 0 aliphatic carbocycles. The maximum atomic E-state index is 2.71. The fourth-order valence-electron chi connectivity index (χ4n) is 18.2. The summed E-state index contributed by atoms with van der Waals surface area (Å²) in [5, 5.41) is 16.9. The SMILES string of the molecule is CC1(C)c2cc(-c3ccc(N(c4ccccc4)c4ccc5ccccc5c4)c4ccccc34)cc3c2-n2c4c1cc(-c1ccc(N(c5ccccc5)c5ccc6ccccc6c5)c5ccccc15)cc4c1cc(-c4ccc(N(c5ccccc5)c5ccc6ccccc6c5)c5ccccc45)cc(c12)C3(C)C. The van der Waals surface area contributed by atoms with Crippen LogP contribution in [0.4, 0.5) is 51.2 Å². The fourth-order valence-corrected chi connectivity index (χ4v) is 18.2. The zero-order valence-electron chi connectivity index (χ0n) is 59.4. The molecule has 0 N–H and O–H groups in total. The van der Waals surface area contributed by atoms with E-state index in [2.05, 4.69) is 411 Å². The normalized spacial score (nSPS) is 13.2. The number of para-hydroxylation sites is 3. The average Bonchev–Trinajstić information content (AvgIpc) is 1.44. The van der Waals surface area contributed by atoms with Crippen LogP contribution in [0.3, 0.4) is 0 Å². The summed E-state index contributed by atoms with van der Waals surface area (Å²) in [4.78, 5) is 7.32. The van der Waals surface area contributed by atoms with E-state index < -0.39 is 10.8 Å². The minimum absolute atomic E-state index is 0.470. The van der Waals surface area contributed by atoms with Crippen LogP contribution in [0.15, 0.2) is 364 Å². The van der Waals surface area contributed by atoms with Gasteiger partial charge in [0.05, 0.1) is 33.8 Å². The summed E-state index contributed by atoms with van der Waals surface area (Å²) in [6.07, 6.45) is 0. The van der Waals surface area contributed by atoms with E-state index in [0.29, 0.717) is 0 Å². The highest BCUT2D eigenvalue weighted by atomic mass is 15.2. The van der Waals surface area contributed by atoms with Gasteiger partial charge in [0.2, 0.25) is 0 Å². The van der Waals surface area contributed by atoms with E-state index in [9.17, 15) is 0 Å². The van der Waals surface area contributed by atoms with Gasteiger partial charge in [-0.05, 0) is 232 Å². The molecular weight excluding hydrogens is 1280 g/mol. The standard InChI is InChI=1S/C102H72N4/c1-101(2)91-61-71(80-50-53-95(86-41-23-20-38-83(80)86)103(74-32-8-5-9-33-74)77-47-44-65-26-14-17-29-68(65)56-77)59-89-90-60-72(81-51-54-96(87-42-24-21-39-84(81)87)104(75-34-10-6-11-35-75)78-48-45-66-27-15-18-30-69(66)57-78)62-92-99(90)106(98(89)91)100-93(101)63-73(64-94(100)102(92,3)4)82-52-55-97(88-43-25-22-40-85(82)88)105(76-36-12-7-13-37-76)79-49-46-67-28-16-19-31-70(67)58-79/h5-64H,1-4H3. The molecular formula is C102H72N4. The summed E-state index contributed by atoms with van der Waals surface area (Å²) >= 11 is 0. The van der Waals surface area contributed by atoms with Crippen LogP contribution in [-0.4, -0.2) is 4.57 Å². The molecule has 3 heterocycles. The van der Waals surface area contributed by atoms with Crippen molar-refractivity contribution in [2.75, 3.05) is 14.7 Å². The molecule has 500 valence electrons. The van der Waals surface area contributed by atoms with Crippen molar-refractivity contribution in [3.63, 3.8) is 0 Å². The Morgan fingerprint density at radius 1 is 0.208 bits per heavy atom. The quantitative estimate of drug-likeness (QED) is 0.121. The van der Waals surface area contributed by atoms with E-state index in [-0.39, 0.29) is 0 Å². The third-order valence-electron chi connectivity index (χ3n) is 23.4. The Labute approximate surface area is 616 Å². The van der Waals surface area contributed by atoms with Crippen LogP contribution in [-0.2, 0) is 10.8 Å². The van der Waals surface area contributed by atoms with E-state index in [0.717, 1.165) is 51.2 Å². The zero-order valence-corrected chi connectivity index (χ0v) is 59.4. The predicted octanol–water partition coefficient (Wildman–Crippen LogP) is 28.4. The molecule has 0 bridgehead atoms. The van der Waals surface area contributed by atoms with Gasteiger partial charge in [0.1, 0.15) is 0 Å². The van der Waals surface area contributed by atoms with Crippen LogP contribution in [0.1, 0.15) is 49.9 Å². The Balaban J connectivity index is 0.801. The van der Waals surface area contributed by atoms with Gasteiger partial charge in [0.25, 0.3) is 0 Å². The average molecular weight is 1350 g/mol. The van der Waals surface area contributed by atoms with Gasteiger partial charge in [0.15, 0.2) is 0 Å². The van der Waals surface area contributed by atoms with Gasteiger partial charge in [-0.1, -0.05) is 264 Å². The molecule has 1 aromatic heterocycles. The molecule has 18 aromatic carbocycles. The monoisotopic (exact) mass is 1350 g/mol. The van der Waals surface area contributed by atoms with Crippen LogP contribution < -0.4 is 14.7 Å². The molecule has 0 saturated heterocycles. The van der Waals surface area contributed by atoms with Crippen LogP contribution in [0.5, 0.6) is 0 Å². The first-order valence-corrected chi connectivity index (χ1v) is 37.0.